The molecule has 0 radical (unpaired) electrons. The molecule has 0 saturated heterocycles. The molecule has 2 rings (SSSR count). The van der Waals surface area contributed by atoms with Gasteiger partial charge >= 0.3 is 0 Å². The molecule has 0 aromatic heterocycles. The van der Waals surface area contributed by atoms with Gasteiger partial charge in [-0.25, -0.2) is 0 Å². The quantitative estimate of drug-likeness (QED) is 0.904. The number of hydrogen-bond donors (Lipinski definition) is 1. The van der Waals surface area contributed by atoms with E-state index in [1.807, 2.05) is 12.1 Å². The highest BCUT2D eigenvalue weighted by molar-refractivity contribution is 9.10. The van der Waals surface area contributed by atoms with E-state index in [2.05, 4.69) is 22.9 Å². The maximum Gasteiger partial charge on any atom is 0.161 e. The zero-order valence-electron chi connectivity index (χ0n) is 11.1. The van der Waals surface area contributed by atoms with Crippen molar-refractivity contribution in [1.29, 1.82) is 0 Å². The summed E-state index contributed by atoms with van der Waals surface area (Å²) in [7, 11) is 3.28. The highest BCUT2D eigenvalue weighted by Gasteiger charge is 2.33. The summed E-state index contributed by atoms with van der Waals surface area (Å²) in [6, 6.07) is 3.94. The van der Waals surface area contributed by atoms with E-state index in [9.17, 15) is 0 Å². The standard InChI is InChI=1S/C14H20BrNO2/c1-8(9-4-5-9)14(16)10-6-12(17-2)13(18-3)7-11(10)15/h6-9,14H,4-5,16H2,1-3H3. The van der Waals surface area contributed by atoms with Crippen LogP contribution in [0.5, 0.6) is 11.5 Å². The first-order valence-electron chi connectivity index (χ1n) is 6.25. The Balaban J connectivity index is 2.31. The smallest absolute Gasteiger partial charge is 0.161 e. The Kier molecular flexibility index (Phi) is 4.17. The third kappa shape index (κ3) is 2.64. The Bertz CT molecular complexity index is 432. The van der Waals surface area contributed by atoms with E-state index in [4.69, 9.17) is 15.2 Å². The van der Waals surface area contributed by atoms with Crippen LogP contribution in [0.25, 0.3) is 0 Å². The molecule has 0 bridgehead atoms. The minimum absolute atomic E-state index is 0.0340. The second-order valence-electron chi connectivity index (χ2n) is 4.95. The fraction of sp³-hybridized carbons (Fsp3) is 0.571. The molecule has 1 saturated carbocycles. The van der Waals surface area contributed by atoms with Crippen LogP contribution in [0.15, 0.2) is 16.6 Å². The van der Waals surface area contributed by atoms with Gasteiger partial charge in [0, 0.05) is 10.5 Å². The lowest BCUT2D eigenvalue weighted by Crippen LogP contribution is -2.21. The van der Waals surface area contributed by atoms with Crippen molar-refractivity contribution in [2.24, 2.45) is 17.6 Å². The maximum absolute atomic E-state index is 6.37. The van der Waals surface area contributed by atoms with Crippen molar-refractivity contribution >= 4 is 15.9 Å². The van der Waals surface area contributed by atoms with Crippen molar-refractivity contribution in [2.75, 3.05) is 14.2 Å². The summed E-state index contributed by atoms with van der Waals surface area (Å²) < 4.78 is 11.6. The Labute approximate surface area is 117 Å². The van der Waals surface area contributed by atoms with Gasteiger partial charge in [-0.1, -0.05) is 22.9 Å². The fourth-order valence-corrected chi connectivity index (χ4v) is 2.91. The van der Waals surface area contributed by atoms with Crippen LogP contribution in [0.1, 0.15) is 31.4 Å². The van der Waals surface area contributed by atoms with Gasteiger partial charge in [-0.2, -0.15) is 0 Å². The average molecular weight is 314 g/mol. The van der Waals surface area contributed by atoms with Gasteiger partial charge in [-0.05, 0) is 42.4 Å². The normalized spacial score (nSPS) is 18.3. The molecule has 0 aliphatic heterocycles. The molecule has 100 valence electrons. The molecule has 0 heterocycles. The predicted octanol–water partition coefficient (Wildman–Crippen LogP) is 3.51. The van der Waals surface area contributed by atoms with Gasteiger partial charge in [0.1, 0.15) is 0 Å². The van der Waals surface area contributed by atoms with E-state index in [1.165, 1.54) is 12.8 Å². The van der Waals surface area contributed by atoms with Gasteiger partial charge in [0.05, 0.1) is 14.2 Å². The van der Waals surface area contributed by atoms with Crippen LogP contribution in [0.3, 0.4) is 0 Å². The van der Waals surface area contributed by atoms with E-state index in [0.717, 1.165) is 27.5 Å². The van der Waals surface area contributed by atoms with E-state index in [-0.39, 0.29) is 6.04 Å². The van der Waals surface area contributed by atoms with Gasteiger partial charge in [0.25, 0.3) is 0 Å². The van der Waals surface area contributed by atoms with Crippen LogP contribution in [-0.4, -0.2) is 14.2 Å². The van der Waals surface area contributed by atoms with Crippen LogP contribution in [0.2, 0.25) is 0 Å². The molecule has 2 unspecified atom stereocenters. The van der Waals surface area contributed by atoms with E-state index < -0.39 is 0 Å². The highest BCUT2D eigenvalue weighted by atomic mass is 79.9. The Morgan fingerprint density at radius 3 is 2.28 bits per heavy atom. The fourth-order valence-electron chi connectivity index (χ4n) is 2.32. The molecule has 2 atom stereocenters. The minimum atomic E-state index is 0.0340. The summed E-state index contributed by atoms with van der Waals surface area (Å²) in [5.74, 6) is 2.73. The molecule has 3 nitrogen and oxygen atoms in total. The SMILES string of the molecule is COc1cc(Br)c(C(N)C(C)C2CC2)cc1OC. The first kappa shape index (κ1) is 13.7. The molecule has 1 aliphatic carbocycles. The van der Waals surface area contributed by atoms with E-state index in [1.54, 1.807) is 14.2 Å². The molecule has 1 fully saturated rings. The second-order valence-corrected chi connectivity index (χ2v) is 5.81. The lowest BCUT2D eigenvalue weighted by molar-refractivity contribution is 0.352. The molecular weight excluding hydrogens is 294 g/mol. The number of benzene rings is 1. The minimum Gasteiger partial charge on any atom is -0.493 e. The maximum atomic E-state index is 6.37. The summed E-state index contributed by atoms with van der Waals surface area (Å²) in [6.07, 6.45) is 2.61. The van der Waals surface area contributed by atoms with Crippen molar-refractivity contribution in [3.63, 3.8) is 0 Å². The van der Waals surface area contributed by atoms with E-state index in [0.29, 0.717) is 5.92 Å². The lowest BCUT2D eigenvalue weighted by atomic mass is 9.91. The zero-order chi connectivity index (χ0) is 13.3. The number of ether oxygens (including phenoxy) is 2. The molecule has 1 aliphatic rings. The van der Waals surface area contributed by atoms with Crippen LogP contribution < -0.4 is 15.2 Å². The Morgan fingerprint density at radius 1 is 1.22 bits per heavy atom. The second kappa shape index (κ2) is 5.49. The largest absolute Gasteiger partial charge is 0.493 e. The monoisotopic (exact) mass is 313 g/mol. The summed E-state index contributed by atoms with van der Waals surface area (Å²) in [6.45, 7) is 2.23. The topological polar surface area (TPSA) is 44.5 Å². The molecule has 18 heavy (non-hydrogen) atoms. The summed E-state index contributed by atoms with van der Waals surface area (Å²) >= 11 is 3.57. The molecule has 1 aromatic carbocycles. The third-order valence-electron chi connectivity index (χ3n) is 3.79. The number of hydrogen-bond acceptors (Lipinski definition) is 3. The average Bonchev–Trinajstić information content (AvgIpc) is 3.20. The van der Waals surface area contributed by atoms with Crippen molar-refractivity contribution in [3.8, 4) is 11.5 Å². The molecule has 2 N–H and O–H groups in total. The Morgan fingerprint density at radius 2 is 1.78 bits per heavy atom. The third-order valence-corrected chi connectivity index (χ3v) is 4.48. The zero-order valence-corrected chi connectivity index (χ0v) is 12.7. The number of halogens is 1. The molecule has 0 spiro atoms. The van der Waals surface area contributed by atoms with Gasteiger partial charge in [-0.15, -0.1) is 0 Å². The summed E-state index contributed by atoms with van der Waals surface area (Å²) in [5, 5.41) is 0. The highest BCUT2D eigenvalue weighted by Crippen LogP contribution is 2.44. The van der Waals surface area contributed by atoms with Gasteiger partial charge in [0.15, 0.2) is 11.5 Å². The van der Waals surface area contributed by atoms with Crippen molar-refractivity contribution < 1.29 is 9.47 Å². The van der Waals surface area contributed by atoms with Gasteiger partial charge < -0.3 is 15.2 Å². The van der Waals surface area contributed by atoms with Crippen molar-refractivity contribution in [1.82, 2.24) is 0 Å². The number of methoxy groups -OCH3 is 2. The first-order chi connectivity index (χ1) is 8.58. The summed E-state index contributed by atoms with van der Waals surface area (Å²) in [5.41, 5.74) is 7.46. The molecule has 4 heteroatoms. The Hall–Kier alpha value is -0.740. The van der Waals surface area contributed by atoms with Crippen LogP contribution in [-0.2, 0) is 0 Å². The molecule has 1 aromatic rings. The van der Waals surface area contributed by atoms with Crippen molar-refractivity contribution in [3.05, 3.63) is 22.2 Å². The van der Waals surface area contributed by atoms with Crippen LogP contribution in [0.4, 0.5) is 0 Å². The molecule has 0 amide bonds. The summed E-state index contributed by atoms with van der Waals surface area (Å²) in [4.78, 5) is 0. The number of nitrogens with two attached hydrogens (primary N) is 1. The van der Waals surface area contributed by atoms with Gasteiger partial charge in [-0.3, -0.25) is 0 Å². The van der Waals surface area contributed by atoms with Crippen molar-refractivity contribution in [2.45, 2.75) is 25.8 Å². The van der Waals surface area contributed by atoms with Crippen LogP contribution in [0, 0.1) is 11.8 Å². The number of rotatable bonds is 5. The van der Waals surface area contributed by atoms with Gasteiger partial charge in [0.2, 0.25) is 0 Å². The van der Waals surface area contributed by atoms with E-state index >= 15 is 0 Å². The van der Waals surface area contributed by atoms with Crippen LogP contribution >= 0.6 is 15.9 Å². The first-order valence-corrected chi connectivity index (χ1v) is 7.04. The molecular formula is C14H20BrNO2. The lowest BCUT2D eigenvalue weighted by Gasteiger charge is -2.22. The predicted molar refractivity (Wildman–Crippen MR) is 76.1 cm³/mol.